The molecule has 2 aliphatic rings. The normalized spacial score (nSPS) is 22.0. The molecule has 4 rings (SSSR count). The van der Waals surface area contributed by atoms with Gasteiger partial charge in [0.25, 0.3) is 0 Å². The molecule has 132 valence electrons. The number of rotatable bonds is 4. The van der Waals surface area contributed by atoms with E-state index in [9.17, 15) is 4.79 Å². The van der Waals surface area contributed by atoms with Crippen LogP contribution in [0.15, 0.2) is 30.6 Å². The number of aromatic nitrogens is 2. The minimum absolute atomic E-state index is 0.0637. The molecule has 1 amide bonds. The highest BCUT2D eigenvalue weighted by atomic mass is 16.6. The number of carbonyl (C=O) groups is 1. The zero-order chi connectivity index (χ0) is 17.2. The van der Waals surface area contributed by atoms with Crippen LogP contribution >= 0.6 is 0 Å². The summed E-state index contributed by atoms with van der Waals surface area (Å²) in [4.78, 5) is 12.7. The second-order valence-corrected chi connectivity index (χ2v) is 6.51. The maximum absolute atomic E-state index is 12.7. The van der Waals surface area contributed by atoms with Gasteiger partial charge in [0, 0.05) is 38.8 Å². The van der Waals surface area contributed by atoms with E-state index in [0.29, 0.717) is 26.3 Å². The lowest BCUT2D eigenvalue weighted by Crippen LogP contribution is -2.34. The summed E-state index contributed by atoms with van der Waals surface area (Å²) >= 11 is 0. The Morgan fingerprint density at radius 1 is 1.32 bits per heavy atom. The van der Waals surface area contributed by atoms with Gasteiger partial charge in [0.05, 0.1) is 12.1 Å². The molecule has 7 heteroatoms. The van der Waals surface area contributed by atoms with Crippen molar-refractivity contribution in [3.05, 3.63) is 41.7 Å². The number of ether oxygens (including phenoxy) is 2. The number of hydrogen-bond donors (Lipinski definition) is 2. The van der Waals surface area contributed by atoms with Crippen LogP contribution in [-0.2, 0) is 18.4 Å². The number of amides is 1. The predicted octanol–water partition coefficient (Wildman–Crippen LogP) is 0.811. The molecular formula is C18H22N4O3. The van der Waals surface area contributed by atoms with Gasteiger partial charge in [0.15, 0.2) is 11.5 Å². The molecule has 1 aromatic carbocycles. The van der Waals surface area contributed by atoms with Gasteiger partial charge in [-0.05, 0) is 23.3 Å². The smallest absolute Gasteiger partial charge is 0.225 e. The molecule has 0 bridgehead atoms. The van der Waals surface area contributed by atoms with E-state index in [1.165, 1.54) is 0 Å². The number of nitrogens with zero attached hydrogens (tertiary/aromatic N) is 2. The van der Waals surface area contributed by atoms with Gasteiger partial charge in [0.2, 0.25) is 5.91 Å². The molecule has 3 heterocycles. The van der Waals surface area contributed by atoms with Crippen LogP contribution in [0.3, 0.4) is 0 Å². The van der Waals surface area contributed by atoms with E-state index in [-0.39, 0.29) is 17.7 Å². The Kier molecular flexibility index (Phi) is 4.31. The van der Waals surface area contributed by atoms with Crippen molar-refractivity contribution in [2.24, 2.45) is 13.0 Å². The number of aryl methyl sites for hydroxylation is 1. The standard InChI is InChI=1S/C18H22N4O3/c1-22-11-13(8-21-22)14-9-19-10-15(14)18(23)20-7-12-2-3-16-17(6-12)25-5-4-24-16/h2-3,6,8,11,14-15,19H,4-5,7,9-10H2,1H3,(H,20,23)/t14-,15+/m1/s1. The Hall–Kier alpha value is -2.54. The summed E-state index contributed by atoms with van der Waals surface area (Å²) < 4.78 is 12.9. The van der Waals surface area contributed by atoms with Crippen molar-refractivity contribution in [3.63, 3.8) is 0 Å². The monoisotopic (exact) mass is 342 g/mol. The van der Waals surface area contributed by atoms with Gasteiger partial charge in [-0.3, -0.25) is 9.48 Å². The first-order valence-electron chi connectivity index (χ1n) is 8.56. The van der Waals surface area contributed by atoms with Gasteiger partial charge in [0.1, 0.15) is 13.2 Å². The van der Waals surface area contributed by atoms with Crippen molar-refractivity contribution >= 4 is 5.91 Å². The van der Waals surface area contributed by atoms with E-state index in [2.05, 4.69) is 15.7 Å². The summed E-state index contributed by atoms with van der Waals surface area (Å²) in [7, 11) is 1.89. The zero-order valence-corrected chi connectivity index (χ0v) is 14.2. The highest BCUT2D eigenvalue weighted by Gasteiger charge is 2.34. The molecule has 0 radical (unpaired) electrons. The van der Waals surface area contributed by atoms with Crippen molar-refractivity contribution in [2.75, 3.05) is 26.3 Å². The Morgan fingerprint density at radius 2 is 2.16 bits per heavy atom. The van der Waals surface area contributed by atoms with E-state index in [1.54, 1.807) is 4.68 Å². The number of hydrogen-bond acceptors (Lipinski definition) is 5. The van der Waals surface area contributed by atoms with Crippen LogP contribution in [0, 0.1) is 5.92 Å². The van der Waals surface area contributed by atoms with Crippen molar-refractivity contribution in [1.82, 2.24) is 20.4 Å². The number of carbonyl (C=O) groups excluding carboxylic acids is 1. The van der Waals surface area contributed by atoms with Crippen LogP contribution in [0.2, 0.25) is 0 Å². The molecule has 1 aromatic heterocycles. The first kappa shape index (κ1) is 16.0. The Bertz CT molecular complexity index is 773. The molecule has 0 saturated carbocycles. The highest BCUT2D eigenvalue weighted by Crippen LogP contribution is 2.31. The van der Waals surface area contributed by atoms with E-state index in [0.717, 1.165) is 29.2 Å². The van der Waals surface area contributed by atoms with Crippen molar-refractivity contribution in [3.8, 4) is 11.5 Å². The second kappa shape index (κ2) is 6.76. The van der Waals surface area contributed by atoms with Crippen LogP contribution in [-0.4, -0.2) is 42.0 Å². The lowest BCUT2D eigenvalue weighted by Gasteiger charge is -2.20. The first-order chi connectivity index (χ1) is 12.2. The summed E-state index contributed by atoms with van der Waals surface area (Å²) in [5.74, 6) is 1.65. The maximum atomic E-state index is 12.7. The van der Waals surface area contributed by atoms with Crippen LogP contribution in [0.1, 0.15) is 17.0 Å². The van der Waals surface area contributed by atoms with E-state index < -0.39 is 0 Å². The molecule has 2 atom stereocenters. The molecule has 0 spiro atoms. The number of benzene rings is 1. The molecule has 1 fully saturated rings. The third-order valence-corrected chi connectivity index (χ3v) is 4.78. The molecule has 1 saturated heterocycles. The molecule has 7 nitrogen and oxygen atoms in total. The van der Waals surface area contributed by atoms with E-state index >= 15 is 0 Å². The lowest BCUT2D eigenvalue weighted by molar-refractivity contribution is -0.125. The van der Waals surface area contributed by atoms with E-state index in [1.807, 2.05) is 37.6 Å². The Morgan fingerprint density at radius 3 is 2.96 bits per heavy atom. The molecule has 25 heavy (non-hydrogen) atoms. The van der Waals surface area contributed by atoms with Gasteiger partial charge >= 0.3 is 0 Å². The van der Waals surface area contributed by atoms with Crippen LogP contribution < -0.4 is 20.1 Å². The summed E-state index contributed by atoms with van der Waals surface area (Å²) in [5.41, 5.74) is 2.11. The van der Waals surface area contributed by atoms with Gasteiger partial charge in [-0.1, -0.05) is 6.07 Å². The fraction of sp³-hybridized carbons (Fsp3) is 0.444. The Labute approximate surface area is 146 Å². The molecular weight excluding hydrogens is 320 g/mol. The topological polar surface area (TPSA) is 77.4 Å². The quantitative estimate of drug-likeness (QED) is 0.860. The summed E-state index contributed by atoms with van der Waals surface area (Å²) in [5, 5.41) is 10.6. The van der Waals surface area contributed by atoms with Crippen molar-refractivity contribution in [2.45, 2.75) is 12.5 Å². The molecule has 0 unspecified atom stereocenters. The third-order valence-electron chi connectivity index (χ3n) is 4.78. The highest BCUT2D eigenvalue weighted by molar-refractivity contribution is 5.80. The lowest BCUT2D eigenvalue weighted by atomic mass is 9.90. The van der Waals surface area contributed by atoms with E-state index in [4.69, 9.17) is 9.47 Å². The third kappa shape index (κ3) is 3.32. The first-order valence-corrected chi connectivity index (χ1v) is 8.56. The number of fused-ring (bicyclic) bond motifs is 1. The van der Waals surface area contributed by atoms with Crippen LogP contribution in [0.5, 0.6) is 11.5 Å². The predicted molar refractivity (Wildman–Crippen MR) is 91.6 cm³/mol. The summed E-state index contributed by atoms with van der Waals surface area (Å²) in [6, 6.07) is 5.78. The second-order valence-electron chi connectivity index (χ2n) is 6.51. The summed E-state index contributed by atoms with van der Waals surface area (Å²) in [6.07, 6.45) is 3.83. The fourth-order valence-electron chi connectivity index (χ4n) is 3.45. The van der Waals surface area contributed by atoms with Gasteiger partial charge in [-0.2, -0.15) is 5.10 Å². The molecule has 0 aliphatic carbocycles. The van der Waals surface area contributed by atoms with Crippen molar-refractivity contribution < 1.29 is 14.3 Å². The minimum atomic E-state index is -0.0820. The Balaban J connectivity index is 1.40. The zero-order valence-electron chi connectivity index (χ0n) is 14.2. The number of nitrogens with one attached hydrogen (secondary N) is 2. The average molecular weight is 342 g/mol. The van der Waals surface area contributed by atoms with Gasteiger partial charge in [-0.15, -0.1) is 0 Å². The molecule has 2 aromatic rings. The SMILES string of the molecule is Cn1cc([C@H]2CNC[C@@H]2C(=O)NCc2ccc3c(c2)OCCO3)cn1. The van der Waals surface area contributed by atoms with Crippen LogP contribution in [0.25, 0.3) is 0 Å². The van der Waals surface area contributed by atoms with Crippen LogP contribution in [0.4, 0.5) is 0 Å². The largest absolute Gasteiger partial charge is 0.486 e. The summed E-state index contributed by atoms with van der Waals surface area (Å²) in [6.45, 7) is 3.10. The van der Waals surface area contributed by atoms with Crippen molar-refractivity contribution in [1.29, 1.82) is 0 Å². The fourth-order valence-corrected chi connectivity index (χ4v) is 3.45. The minimum Gasteiger partial charge on any atom is -0.486 e. The van der Waals surface area contributed by atoms with Gasteiger partial charge < -0.3 is 20.1 Å². The molecule has 2 N–H and O–H groups in total. The maximum Gasteiger partial charge on any atom is 0.225 e. The van der Waals surface area contributed by atoms with Gasteiger partial charge in [-0.25, -0.2) is 0 Å². The molecule has 2 aliphatic heterocycles. The average Bonchev–Trinajstić information content (AvgIpc) is 3.28.